The summed E-state index contributed by atoms with van der Waals surface area (Å²) in [5.74, 6) is 0. The zero-order chi connectivity index (χ0) is 5.82. The standard InChI is InChI=1S/C8H10.H3N/c1-2-8-6-4-3-5-7-8;/h2,4,6-7H,1,3,5H2;1H3. The molecule has 1 nitrogen and oxygen atoms in total. The van der Waals surface area contributed by atoms with Gasteiger partial charge in [-0.15, -0.1) is 0 Å². The molecule has 0 saturated heterocycles. The molecule has 0 fully saturated rings. The Morgan fingerprint density at radius 2 is 2.22 bits per heavy atom. The fourth-order valence-corrected chi connectivity index (χ4v) is 0.785. The molecule has 0 amide bonds. The van der Waals surface area contributed by atoms with Gasteiger partial charge in [-0.2, -0.15) is 0 Å². The van der Waals surface area contributed by atoms with Crippen LogP contribution in [0.25, 0.3) is 0 Å². The zero-order valence-corrected chi connectivity index (χ0v) is 5.64. The van der Waals surface area contributed by atoms with Gasteiger partial charge in [0.15, 0.2) is 0 Å². The van der Waals surface area contributed by atoms with E-state index in [0.717, 1.165) is 0 Å². The maximum absolute atomic E-state index is 3.66. The molecular formula is C8H13N. The van der Waals surface area contributed by atoms with Crippen molar-refractivity contribution in [2.45, 2.75) is 12.8 Å². The summed E-state index contributed by atoms with van der Waals surface area (Å²) >= 11 is 0. The number of rotatable bonds is 1. The van der Waals surface area contributed by atoms with Crippen LogP contribution in [0.2, 0.25) is 0 Å². The molecule has 1 rings (SSSR count). The minimum absolute atomic E-state index is 0. The Morgan fingerprint density at radius 1 is 1.44 bits per heavy atom. The average molecular weight is 123 g/mol. The Labute approximate surface area is 56.4 Å². The molecule has 0 heterocycles. The van der Waals surface area contributed by atoms with Gasteiger partial charge in [0.05, 0.1) is 0 Å². The van der Waals surface area contributed by atoms with E-state index in [2.05, 4.69) is 24.8 Å². The lowest BCUT2D eigenvalue weighted by Crippen LogP contribution is -1.77. The molecular weight excluding hydrogens is 110 g/mol. The van der Waals surface area contributed by atoms with E-state index in [1.54, 1.807) is 0 Å². The smallest absolute Gasteiger partial charge is 0.0306 e. The van der Waals surface area contributed by atoms with Crippen LogP contribution in [-0.4, -0.2) is 0 Å². The highest BCUT2D eigenvalue weighted by Crippen LogP contribution is 2.08. The summed E-state index contributed by atoms with van der Waals surface area (Å²) in [5, 5.41) is 0. The predicted molar refractivity (Wildman–Crippen MR) is 41.7 cm³/mol. The van der Waals surface area contributed by atoms with E-state index in [-0.39, 0.29) is 6.15 Å². The van der Waals surface area contributed by atoms with Crippen molar-refractivity contribution in [2.75, 3.05) is 0 Å². The van der Waals surface area contributed by atoms with Crippen LogP contribution in [0, 0.1) is 0 Å². The zero-order valence-electron chi connectivity index (χ0n) is 5.64. The minimum atomic E-state index is 0. The third-order valence-corrected chi connectivity index (χ3v) is 1.26. The SMILES string of the molecule is C=CC1=CCCC=C1.N. The van der Waals surface area contributed by atoms with Gasteiger partial charge in [0, 0.05) is 0 Å². The first-order valence-corrected chi connectivity index (χ1v) is 2.92. The monoisotopic (exact) mass is 123 g/mol. The highest BCUT2D eigenvalue weighted by atomic mass is 14.0. The van der Waals surface area contributed by atoms with Crippen molar-refractivity contribution in [3.63, 3.8) is 0 Å². The van der Waals surface area contributed by atoms with Crippen LogP contribution in [0.15, 0.2) is 36.5 Å². The predicted octanol–water partition coefficient (Wildman–Crippen LogP) is 2.61. The van der Waals surface area contributed by atoms with Crippen molar-refractivity contribution in [3.8, 4) is 0 Å². The number of hydrogen-bond acceptors (Lipinski definition) is 1. The fourth-order valence-electron chi connectivity index (χ4n) is 0.785. The first kappa shape index (κ1) is 8.18. The Bertz CT molecular complexity index is 143. The second-order valence-electron chi connectivity index (χ2n) is 1.89. The molecule has 9 heavy (non-hydrogen) atoms. The first-order valence-electron chi connectivity index (χ1n) is 2.92. The van der Waals surface area contributed by atoms with Crippen LogP contribution in [0.3, 0.4) is 0 Å². The Balaban J connectivity index is 0.000000640. The topological polar surface area (TPSA) is 35.0 Å². The summed E-state index contributed by atoms with van der Waals surface area (Å²) < 4.78 is 0. The van der Waals surface area contributed by atoms with Crippen LogP contribution in [-0.2, 0) is 0 Å². The quantitative estimate of drug-likeness (QED) is 0.571. The van der Waals surface area contributed by atoms with Crippen molar-refractivity contribution in [1.82, 2.24) is 6.15 Å². The molecule has 0 aromatic carbocycles. The van der Waals surface area contributed by atoms with Gasteiger partial charge in [0.25, 0.3) is 0 Å². The molecule has 0 aliphatic heterocycles. The lowest BCUT2D eigenvalue weighted by atomic mass is 10.1. The third-order valence-electron chi connectivity index (χ3n) is 1.26. The van der Waals surface area contributed by atoms with Crippen LogP contribution in [0.1, 0.15) is 12.8 Å². The van der Waals surface area contributed by atoms with E-state index in [1.807, 2.05) is 6.08 Å². The van der Waals surface area contributed by atoms with E-state index >= 15 is 0 Å². The molecule has 0 saturated carbocycles. The van der Waals surface area contributed by atoms with Gasteiger partial charge in [-0.25, -0.2) is 0 Å². The lowest BCUT2D eigenvalue weighted by molar-refractivity contribution is 1.03. The molecule has 3 N–H and O–H groups in total. The molecule has 1 aliphatic rings. The van der Waals surface area contributed by atoms with Crippen molar-refractivity contribution >= 4 is 0 Å². The summed E-state index contributed by atoms with van der Waals surface area (Å²) in [4.78, 5) is 0. The first-order chi connectivity index (χ1) is 3.93. The summed E-state index contributed by atoms with van der Waals surface area (Å²) in [5.41, 5.74) is 1.26. The van der Waals surface area contributed by atoms with Crippen molar-refractivity contribution < 1.29 is 0 Å². The third kappa shape index (κ3) is 2.29. The second kappa shape index (κ2) is 4.10. The molecule has 0 unspecified atom stereocenters. The van der Waals surface area contributed by atoms with E-state index in [0.29, 0.717) is 0 Å². The molecule has 0 aromatic heterocycles. The largest absolute Gasteiger partial charge is 0.344 e. The van der Waals surface area contributed by atoms with E-state index in [4.69, 9.17) is 0 Å². The highest BCUT2D eigenvalue weighted by Gasteiger charge is 1.88. The molecule has 1 aliphatic carbocycles. The number of hydrogen-bond donors (Lipinski definition) is 1. The van der Waals surface area contributed by atoms with Crippen molar-refractivity contribution in [1.29, 1.82) is 0 Å². The van der Waals surface area contributed by atoms with E-state index in [9.17, 15) is 0 Å². The van der Waals surface area contributed by atoms with Crippen molar-refractivity contribution in [3.05, 3.63) is 36.5 Å². The second-order valence-corrected chi connectivity index (χ2v) is 1.89. The van der Waals surface area contributed by atoms with Crippen LogP contribution < -0.4 is 6.15 Å². The highest BCUT2D eigenvalue weighted by molar-refractivity contribution is 5.31. The van der Waals surface area contributed by atoms with Gasteiger partial charge in [0.1, 0.15) is 0 Å². The summed E-state index contributed by atoms with van der Waals surface area (Å²) in [6.07, 6.45) is 10.7. The minimum Gasteiger partial charge on any atom is -0.344 e. The molecule has 1 heteroatoms. The van der Waals surface area contributed by atoms with Crippen LogP contribution >= 0.6 is 0 Å². The van der Waals surface area contributed by atoms with Crippen molar-refractivity contribution in [2.24, 2.45) is 0 Å². The van der Waals surface area contributed by atoms with Gasteiger partial charge >= 0.3 is 0 Å². The average Bonchev–Trinajstić information content (AvgIpc) is 1.90. The van der Waals surface area contributed by atoms with Gasteiger partial charge < -0.3 is 6.15 Å². The summed E-state index contributed by atoms with van der Waals surface area (Å²) in [6, 6.07) is 0. The normalized spacial score (nSPS) is 15.8. The number of allylic oxidation sites excluding steroid dienone is 5. The molecule has 0 atom stereocenters. The van der Waals surface area contributed by atoms with Gasteiger partial charge in [-0.05, 0) is 18.4 Å². The molecule has 0 radical (unpaired) electrons. The Morgan fingerprint density at radius 3 is 2.56 bits per heavy atom. The lowest BCUT2D eigenvalue weighted by Gasteiger charge is -1.98. The Hall–Kier alpha value is -0.820. The van der Waals surface area contributed by atoms with Gasteiger partial charge in [0.2, 0.25) is 0 Å². The summed E-state index contributed by atoms with van der Waals surface area (Å²) in [6.45, 7) is 3.66. The van der Waals surface area contributed by atoms with Crippen LogP contribution in [0.4, 0.5) is 0 Å². The molecule has 0 spiro atoms. The fraction of sp³-hybridized carbons (Fsp3) is 0.250. The summed E-state index contributed by atoms with van der Waals surface area (Å²) in [7, 11) is 0. The maximum atomic E-state index is 3.66. The molecule has 0 bridgehead atoms. The van der Waals surface area contributed by atoms with Gasteiger partial charge in [-0.1, -0.05) is 30.9 Å². The van der Waals surface area contributed by atoms with Gasteiger partial charge in [-0.3, -0.25) is 0 Å². The molecule has 0 aromatic rings. The van der Waals surface area contributed by atoms with Crippen LogP contribution in [0.5, 0.6) is 0 Å². The Kier molecular flexibility index (Phi) is 3.72. The van der Waals surface area contributed by atoms with E-state index in [1.165, 1.54) is 18.4 Å². The maximum Gasteiger partial charge on any atom is -0.0306 e. The molecule has 50 valence electrons. The van der Waals surface area contributed by atoms with E-state index < -0.39 is 0 Å².